The van der Waals surface area contributed by atoms with Crippen molar-refractivity contribution in [1.82, 2.24) is 10.2 Å². The molecule has 1 saturated heterocycles. The molecule has 0 unspecified atom stereocenters. The molecule has 1 fully saturated rings. The molecule has 1 aliphatic rings. The maximum absolute atomic E-state index is 12.2. The van der Waals surface area contributed by atoms with Crippen molar-refractivity contribution >= 4 is 27.3 Å². The zero-order valence-electron chi connectivity index (χ0n) is 17.2. The molecule has 0 aromatic heterocycles. The van der Waals surface area contributed by atoms with E-state index in [4.69, 9.17) is 16.3 Å². The second-order valence-electron chi connectivity index (χ2n) is 7.62. The van der Waals surface area contributed by atoms with Gasteiger partial charge in [-0.1, -0.05) is 11.6 Å². The van der Waals surface area contributed by atoms with Gasteiger partial charge in [0.25, 0.3) is 5.91 Å². The first-order chi connectivity index (χ1) is 14.2. The Morgan fingerprint density at radius 2 is 1.83 bits per heavy atom. The number of sulfone groups is 1. The molecular formula is C22H27ClN2O4S. The lowest BCUT2D eigenvalue weighted by molar-refractivity contribution is 0.0905. The van der Waals surface area contributed by atoms with Gasteiger partial charge < -0.3 is 15.0 Å². The van der Waals surface area contributed by atoms with Crippen LogP contribution in [0.4, 0.5) is 0 Å². The molecule has 3 rings (SSSR count). The van der Waals surface area contributed by atoms with E-state index in [-0.39, 0.29) is 16.9 Å². The third-order valence-electron chi connectivity index (χ3n) is 5.23. The van der Waals surface area contributed by atoms with Gasteiger partial charge in [0.2, 0.25) is 0 Å². The number of nitrogens with one attached hydrogen (secondary N) is 1. The average molecular weight is 451 g/mol. The van der Waals surface area contributed by atoms with E-state index in [0.29, 0.717) is 12.1 Å². The molecule has 1 N–H and O–H groups in total. The van der Waals surface area contributed by atoms with Crippen molar-refractivity contribution < 1.29 is 17.9 Å². The highest BCUT2D eigenvalue weighted by Crippen LogP contribution is 2.24. The predicted molar refractivity (Wildman–Crippen MR) is 118 cm³/mol. The summed E-state index contributed by atoms with van der Waals surface area (Å²) in [5.41, 5.74) is 1.46. The van der Waals surface area contributed by atoms with E-state index < -0.39 is 9.84 Å². The number of nitrogens with zero attached hydrogens (tertiary/aromatic N) is 1. The summed E-state index contributed by atoms with van der Waals surface area (Å²) in [6.07, 6.45) is 3.20. The summed E-state index contributed by atoms with van der Waals surface area (Å²) in [6.45, 7) is 5.09. The number of hydrogen-bond acceptors (Lipinski definition) is 5. The first-order valence-corrected chi connectivity index (χ1v) is 12.2. The number of amides is 1. The zero-order chi connectivity index (χ0) is 21.7. The van der Waals surface area contributed by atoms with Gasteiger partial charge >= 0.3 is 0 Å². The van der Waals surface area contributed by atoms with E-state index in [1.54, 1.807) is 0 Å². The summed E-state index contributed by atoms with van der Waals surface area (Å²) in [4.78, 5) is 14.8. The minimum Gasteiger partial charge on any atom is -0.490 e. The molecule has 0 saturated carbocycles. The predicted octanol–water partition coefficient (Wildman–Crippen LogP) is 3.33. The number of halogens is 1. The highest BCUT2D eigenvalue weighted by molar-refractivity contribution is 7.90. The van der Waals surface area contributed by atoms with Gasteiger partial charge in [-0.3, -0.25) is 4.79 Å². The van der Waals surface area contributed by atoms with Crippen molar-refractivity contribution in [3.63, 3.8) is 0 Å². The van der Waals surface area contributed by atoms with Crippen molar-refractivity contribution in [1.29, 1.82) is 0 Å². The summed E-state index contributed by atoms with van der Waals surface area (Å²) in [5.74, 6) is 0.649. The fourth-order valence-corrected chi connectivity index (χ4v) is 4.16. The molecule has 162 valence electrons. The van der Waals surface area contributed by atoms with Gasteiger partial charge in [-0.05, 0) is 67.8 Å². The Bertz CT molecular complexity index is 985. The standard InChI is InChI=1S/C22H27ClN2O4S/c1-16-15-19(5-8-21(16)23)29-18-9-12-25(13-10-18)14-11-24-22(26)17-3-6-20(7-4-17)30(2,27)28/h3-8,15,18H,9-14H2,1-2H3,(H,24,26). The maximum Gasteiger partial charge on any atom is 0.251 e. The zero-order valence-corrected chi connectivity index (χ0v) is 18.8. The topological polar surface area (TPSA) is 75.7 Å². The van der Waals surface area contributed by atoms with Gasteiger partial charge in [-0.15, -0.1) is 0 Å². The largest absolute Gasteiger partial charge is 0.490 e. The van der Waals surface area contributed by atoms with Crippen molar-refractivity contribution in [3.8, 4) is 5.75 Å². The number of hydrogen-bond donors (Lipinski definition) is 1. The van der Waals surface area contributed by atoms with Crippen LogP contribution < -0.4 is 10.1 Å². The lowest BCUT2D eigenvalue weighted by Gasteiger charge is -2.32. The van der Waals surface area contributed by atoms with Crippen LogP contribution in [-0.2, 0) is 9.84 Å². The van der Waals surface area contributed by atoms with Crippen LogP contribution in [0, 0.1) is 6.92 Å². The Hall–Kier alpha value is -2.09. The highest BCUT2D eigenvalue weighted by Gasteiger charge is 2.20. The van der Waals surface area contributed by atoms with Crippen molar-refractivity contribution in [2.24, 2.45) is 0 Å². The quantitative estimate of drug-likeness (QED) is 0.700. The fourth-order valence-electron chi connectivity index (χ4n) is 3.42. The number of aryl methyl sites for hydroxylation is 1. The van der Waals surface area contributed by atoms with Crippen LogP contribution in [-0.4, -0.2) is 57.8 Å². The van der Waals surface area contributed by atoms with E-state index >= 15 is 0 Å². The molecule has 0 aliphatic carbocycles. The molecule has 1 aliphatic heterocycles. The molecule has 30 heavy (non-hydrogen) atoms. The Labute approximate surface area is 183 Å². The second kappa shape index (κ2) is 9.81. The third kappa shape index (κ3) is 6.20. The Kier molecular flexibility index (Phi) is 7.39. The normalized spacial score (nSPS) is 15.7. The summed E-state index contributed by atoms with van der Waals surface area (Å²) in [7, 11) is -3.26. The molecule has 8 heteroatoms. The van der Waals surface area contributed by atoms with Gasteiger partial charge in [-0.25, -0.2) is 8.42 Å². The van der Waals surface area contributed by atoms with Gasteiger partial charge in [-0.2, -0.15) is 0 Å². The van der Waals surface area contributed by atoms with E-state index in [0.717, 1.165) is 55.1 Å². The second-order valence-corrected chi connectivity index (χ2v) is 10.0. The van der Waals surface area contributed by atoms with E-state index in [2.05, 4.69) is 10.2 Å². The molecule has 1 amide bonds. The minimum atomic E-state index is -3.26. The Morgan fingerprint density at radius 3 is 2.43 bits per heavy atom. The summed E-state index contributed by atoms with van der Waals surface area (Å²) >= 11 is 6.06. The first-order valence-electron chi connectivity index (χ1n) is 9.96. The number of carbonyl (C=O) groups is 1. The van der Waals surface area contributed by atoms with Crippen LogP contribution in [0.15, 0.2) is 47.4 Å². The smallest absolute Gasteiger partial charge is 0.251 e. The molecule has 1 heterocycles. The fraction of sp³-hybridized carbons (Fsp3) is 0.409. The van der Waals surface area contributed by atoms with E-state index in [1.807, 2.05) is 25.1 Å². The van der Waals surface area contributed by atoms with Crippen molar-refractivity contribution in [3.05, 3.63) is 58.6 Å². The van der Waals surface area contributed by atoms with Crippen LogP contribution in [0.25, 0.3) is 0 Å². The molecule has 2 aromatic carbocycles. The summed E-state index contributed by atoms with van der Waals surface area (Å²) in [5, 5.41) is 3.63. The molecule has 6 nitrogen and oxygen atoms in total. The van der Waals surface area contributed by atoms with Crippen LogP contribution in [0.3, 0.4) is 0 Å². The van der Waals surface area contributed by atoms with E-state index in [9.17, 15) is 13.2 Å². The van der Waals surface area contributed by atoms with Crippen LogP contribution in [0.2, 0.25) is 5.02 Å². The van der Waals surface area contributed by atoms with Gasteiger partial charge in [0.05, 0.1) is 4.90 Å². The number of rotatable bonds is 7. The number of benzene rings is 2. The summed E-state index contributed by atoms with van der Waals surface area (Å²) in [6, 6.07) is 11.7. The van der Waals surface area contributed by atoms with Gasteiger partial charge in [0, 0.05) is 43.0 Å². The monoisotopic (exact) mass is 450 g/mol. The number of piperidine rings is 1. The average Bonchev–Trinajstić information content (AvgIpc) is 2.71. The van der Waals surface area contributed by atoms with Crippen LogP contribution >= 0.6 is 11.6 Å². The lowest BCUT2D eigenvalue weighted by atomic mass is 10.1. The number of carbonyl (C=O) groups excluding carboxylic acids is 1. The SMILES string of the molecule is Cc1cc(OC2CCN(CCNC(=O)c3ccc(S(C)(=O)=O)cc3)CC2)ccc1Cl. The molecule has 0 radical (unpaired) electrons. The first kappa shape index (κ1) is 22.6. The molecule has 0 atom stereocenters. The lowest BCUT2D eigenvalue weighted by Crippen LogP contribution is -2.42. The third-order valence-corrected chi connectivity index (χ3v) is 6.78. The highest BCUT2D eigenvalue weighted by atomic mass is 35.5. The molecule has 0 bridgehead atoms. The number of ether oxygens (including phenoxy) is 1. The Morgan fingerprint density at radius 1 is 1.17 bits per heavy atom. The van der Waals surface area contributed by atoms with Crippen molar-refractivity contribution in [2.45, 2.75) is 30.8 Å². The van der Waals surface area contributed by atoms with Crippen molar-refractivity contribution in [2.75, 3.05) is 32.4 Å². The summed E-state index contributed by atoms with van der Waals surface area (Å²) < 4.78 is 29.1. The van der Waals surface area contributed by atoms with Crippen LogP contribution in [0.1, 0.15) is 28.8 Å². The Balaban J connectivity index is 1.39. The maximum atomic E-state index is 12.2. The molecule has 2 aromatic rings. The van der Waals surface area contributed by atoms with E-state index in [1.165, 1.54) is 24.3 Å². The van der Waals surface area contributed by atoms with Crippen LogP contribution in [0.5, 0.6) is 5.75 Å². The van der Waals surface area contributed by atoms with Gasteiger partial charge in [0.1, 0.15) is 11.9 Å². The number of likely N-dealkylation sites (tertiary alicyclic amines) is 1. The minimum absolute atomic E-state index is 0.185. The molecular weight excluding hydrogens is 424 g/mol. The van der Waals surface area contributed by atoms with Gasteiger partial charge in [0.15, 0.2) is 9.84 Å². The molecule has 0 spiro atoms.